The Bertz CT molecular complexity index is 287. The molecule has 1 aliphatic rings. The molecule has 1 saturated carbocycles. The Labute approximate surface area is 89.5 Å². The first-order valence-electron chi connectivity index (χ1n) is 5.45. The molecule has 1 aromatic heterocycles. The third-order valence-electron chi connectivity index (χ3n) is 2.97. The molecule has 1 aliphatic carbocycles. The number of hydrogen-bond acceptors (Lipinski definition) is 3. The summed E-state index contributed by atoms with van der Waals surface area (Å²) < 4.78 is 0. The minimum Gasteiger partial charge on any atom is -0.323 e. The van der Waals surface area contributed by atoms with Crippen molar-refractivity contribution in [1.82, 2.24) is 4.98 Å². The molecule has 0 aliphatic heterocycles. The molecule has 3 heteroatoms. The Balaban J connectivity index is 1.95. The van der Waals surface area contributed by atoms with Gasteiger partial charge < -0.3 is 5.73 Å². The molecule has 1 fully saturated rings. The first-order valence-corrected chi connectivity index (χ1v) is 6.33. The van der Waals surface area contributed by atoms with Gasteiger partial charge in [-0.25, -0.2) is 4.98 Å². The number of nitrogens with zero attached hydrogens (tertiary/aromatic N) is 1. The fourth-order valence-corrected chi connectivity index (χ4v) is 3.10. The van der Waals surface area contributed by atoms with Crippen LogP contribution in [0.15, 0.2) is 5.38 Å². The molecule has 1 unspecified atom stereocenters. The summed E-state index contributed by atoms with van der Waals surface area (Å²) in [4.78, 5) is 4.57. The van der Waals surface area contributed by atoms with Crippen LogP contribution in [-0.4, -0.2) is 4.98 Å². The maximum absolute atomic E-state index is 5.78. The highest BCUT2D eigenvalue weighted by Gasteiger charge is 2.17. The van der Waals surface area contributed by atoms with E-state index in [4.69, 9.17) is 5.73 Å². The van der Waals surface area contributed by atoms with Gasteiger partial charge in [0.25, 0.3) is 0 Å². The predicted molar refractivity (Wildman–Crippen MR) is 60.4 cm³/mol. The van der Waals surface area contributed by atoms with E-state index in [0.717, 1.165) is 11.6 Å². The second kappa shape index (κ2) is 4.41. The van der Waals surface area contributed by atoms with Gasteiger partial charge >= 0.3 is 0 Å². The Morgan fingerprint density at radius 1 is 1.57 bits per heavy atom. The third kappa shape index (κ3) is 2.34. The molecule has 2 rings (SSSR count). The van der Waals surface area contributed by atoms with Crippen molar-refractivity contribution in [2.75, 3.05) is 0 Å². The van der Waals surface area contributed by atoms with Crippen LogP contribution in [0.2, 0.25) is 0 Å². The molecule has 0 radical (unpaired) electrons. The van der Waals surface area contributed by atoms with E-state index in [1.807, 2.05) is 6.92 Å². The van der Waals surface area contributed by atoms with E-state index in [1.54, 1.807) is 11.3 Å². The van der Waals surface area contributed by atoms with E-state index in [2.05, 4.69) is 10.4 Å². The van der Waals surface area contributed by atoms with Crippen molar-refractivity contribution >= 4 is 11.3 Å². The van der Waals surface area contributed by atoms with Crippen molar-refractivity contribution in [2.45, 2.75) is 45.1 Å². The minimum atomic E-state index is 0.0866. The van der Waals surface area contributed by atoms with Crippen molar-refractivity contribution in [3.63, 3.8) is 0 Å². The molecule has 0 amide bonds. The van der Waals surface area contributed by atoms with Gasteiger partial charge in [-0.3, -0.25) is 0 Å². The smallest absolute Gasteiger partial charge is 0.0931 e. The number of rotatable bonds is 3. The second-order valence-electron chi connectivity index (χ2n) is 4.31. The summed E-state index contributed by atoms with van der Waals surface area (Å²) in [6, 6.07) is 0.0866. The number of aromatic nitrogens is 1. The second-order valence-corrected chi connectivity index (χ2v) is 5.25. The number of nitrogens with two attached hydrogens (primary N) is 1. The summed E-state index contributed by atoms with van der Waals surface area (Å²) in [5.41, 5.74) is 6.84. The average Bonchev–Trinajstić information content (AvgIpc) is 2.75. The van der Waals surface area contributed by atoms with E-state index in [9.17, 15) is 0 Å². The van der Waals surface area contributed by atoms with Gasteiger partial charge in [-0.05, 0) is 12.8 Å². The van der Waals surface area contributed by atoms with Gasteiger partial charge in [0.2, 0.25) is 0 Å². The Hall–Kier alpha value is -0.410. The number of hydrogen-bond donors (Lipinski definition) is 1. The molecule has 1 aromatic rings. The molecule has 2 N–H and O–H groups in total. The molecule has 0 saturated heterocycles. The minimum absolute atomic E-state index is 0.0866. The van der Waals surface area contributed by atoms with Gasteiger partial charge in [0, 0.05) is 17.8 Å². The molecule has 2 nitrogen and oxygen atoms in total. The molecule has 1 heterocycles. The zero-order valence-electron chi connectivity index (χ0n) is 8.70. The van der Waals surface area contributed by atoms with Crippen LogP contribution < -0.4 is 5.73 Å². The summed E-state index contributed by atoms with van der Waals surface area (Å²) in [5.74, 6) is 0.891. The van der Waals surface area contributed by atoms with Crippen LogP contribution in [0.1, 0.15) is 49.4 Å². The van der Waals surface area contributed by atoms with Crippen LogP contribution in [0, 0.1) is 5.92 Å². The molecule has 1 atom stereocenters. The summed E-state index contributed by atoms with van der Waals surface area (Å²) in [6.45, 7) is 1.99. The Morgan fingerprint density at radius 2 is 2.29 bits per heavy atom. The van der Waals surface area contributed by atoms with Gasteiger partial charge in [-0.1, -0.05) is 25.7 Å². The Kier molecular flexibility index (Phi) is 3.19. The lowest BCUT2D eigenvalue weighted by atomic mass is 10.1. The third-order valence-corrected chi connectivity index (χ3v) is 3.86. The van der Waals surface area contributed by atoms with E-state index in [-0.39, 0.29) is 6.04 Å². The molecule has 0 aromatic carbocycles. The summed E-state index contributed by atoms with van der Waals surface area (Å²) in [7, 11) is 0. The summed E-state index contributed by atoms with van der Waals surface area (Å²) in [5, 5.41) is 3.39. The van der Waals surface area contributed by atoms with Crippen molar-refractivity contribution in [3.05, 3.63) is 16.1 Å². The lowest BCUT2D eigenvalue weighted by Gasteiger charge is -2.04. The standard InChI is InChI=1S/C11H18N2S/c1-8(12)10-7-14-11(13-10)6-9-4-2-3-5-9/h7-9H,2-6,12H2,1H3. The predicted octanol–water partition coefficient (Wildman–Crippen LogP) is 2.90. The first-order chi connectivity index (χ1) is 6.75. The SMILES string of the molecule is CC(N)c1csc(CC2CCCC2)n1. The zero-order chi connectivity index (χ0) is 9.97. The van der Waals surface area contributed by atoms with Gasteiger partial charge in [-0.15, -0.1) is 11.3 Å². The largest absolute Gasteiger partial charge is 0.323 e. The molecule has 14 heavy (non-hydrogen) atoms. The normalized spacial score (nSPS) is 20.1. The lowest BCUT2D eigenvalue weighted by Crippen LogP contribution is -2.06. The highest BCUT2D eigenvalue weighted by atomic mass is 32.1. The van der Waals surface area contributed by atoms with Crippen LogP contribution in [-0.2, 0) is 6.42 Å². The van der Waals surface area contributed by atoms with E-state index < -0.39 is 0 Å². The van der Waals surface area contributed by atoms with Gasteiger partial charge in [0.15, 0.2) is 0 Å². The van der Waals surface area contributed by atoms with Crippen molar-refractivity contribution < 1.29 is 0 Å². The maximum Gasteiger partial charge on any atom is 0.0931 e. The van der Waals surface area contributed by atoms with Crippen LogP contribution in [0.25, 0.3) is 0 Å². The van der Waals surface area contributed by atoms with E-state index >= 15 is 0 Å². The lowest BCUT2D eigenvalue weighted by molar-refractivity contribution is 0.543. The van der Waals surface area contributed by atoms with Gasteiger partial charge in [0.05, 0.1) is 10.7 Å². The van der Waals surface area contributed by atoms with Gasteiger partial charge in [-0.2, -0.15) is 0 Å². The molecule has 0 spiro atoms. The van der Waals surface area contributed by atoms with Crippen LogP contribution in [0.3, 0.4) is 0 Å². The highest BCUT2D eigenvalue weighted by Crippen LogP contribution is 2.29. The first kappa shape index (κ1) is 10.1. The maximum atomic E-state index is 5.78. The van der Waals surface area contributed by atoms with E-state index in [1.165, 1.54) is 37.1 Å². The Morgan fingerprint density at radius 3 is 2.86 bits per heavy atom. The van der Waals surface area contributed by atoms with E-state index in [0.29, 0.717) is 0 Å². The fraction of sp³-hybridized carbons (Fsp3) is 0.727. The van der Waals surface area contributed by atoms with Crippen LogP contribution >= 0.6 is 11.3 Å². The van der Waals surface area contributed by atoms with Crippen LogP contribution in [0.5, 0.6) is 0 Å². The highest BCUT2D eigenvalue weighted by molar-refractivity contribution is 7.09. The van der Waals surface area contributed by atoms with Crippen molar-refractivity contribution in [3.8, 4) is 0 Å². The molecular weight excluding hydrogens is 192 g/mol. The monoisotopic (exact) mass is 210 g/mol. The fourth-order valence-electron chi connectivity index (χ4n) is 2.09. The van der Waals surface area contributed by atoms with Crippen molar-refractivity contribution in [1.29, 1.82) is 0 Å². The topological polar surface area (TPSA) is 38.9 Å². The number of thiazole rings is 1. The molecule has 0 bridgehead atoms. The zero-order valence-corrected chi connectivity index (χ0v) is 9.52. The summed E-state index contributed by atoms with van der Waals surface area (Å²) in [6.07, 6.45) is 6.80. The molecule has 78 valence electrons. The van der Waals surface area contributed by atoms with Gasteiger partial charge in [0.1, 0.15) is 0 Å². The van der Waals surface area contributed by atoms with Crippen LogP contribution in [0.4, 0.5) is 0 Å². The van der Waals surface area contributed by atoms with Crippen molar-refractivity contribution in [2.24, 2.45) is 11.7 Å². The molecular formula is C11H18N2S. The average molecular weight is 210 g/mol. The summed E-state index contributed by atoms with van der Waals surface area (Å²) >= 11 is 1.77. The quantitative estimate of drug-likeness (QED) is 0.833.